The molecule has 31 heavy (non-hydrogen) atoms. The molecule has 0 fully saturated rings. The Morgan fingerprint density at radius 3 is 2.29 bits per heavy atom. The zero-order valence-corrected chi connectivity index (χ0v) is 17.6. The normalized spacial score (nSPS) is 11.9. The van der Waals surface area contributed by atoms with Gasteiger partial charge >= 0.3 is 6.18 Å². The van der Waals surface area contributed by atoms with Gasteiger partial charge in [0, 0.05) is 16.6 Å². The van der Waals surface area contributed by atoms with Crippen LogP contribution in [0.2, 0.25) is 5.02 Å². The Bertz CT molecular complexity index is 1240. The van der Waals surface area contributed by atoms with E-state index in [9.17, 15) is 31.7 Å². The van der Waals surface area contributed by atoms with E-state index in [1.54, 1.807) is 30.3 Å². The molecule has 0 atom stereocenters. The van der Waals surface area contributed by atoms with Gasteiger partial charge in [0.05, 0.1) is 25.3 Å². The van der Waals surface area contributed by atoms with E-state index in [2.05, 4.69) is 0 Å². The summed E-state index contributed by atoms with van der Waals surface area (Å²) in [7, 11) is -4.41. The molecule has 0 aromatic heterocycles. The number of nitrogens with one attached hydrogen (secondary N) is 1. The van der Waals surface area contributed by atoms with Gasteiger partial charge in [-0.05, 0) is 42.5 Å². The van der Waals surface area contributed by atoms with Crippen molar-refractivity contribution >= 4 is 44.8 Å². The van der Waals surface area contributed by atoms with Crippen molar-refractivity contribution in [2.75, 3.05) is 4.72 Å². The van der Waals surface area contributed by atoms with Crippen molar-refractivity contribution < 1.29 is 26.5 Å². The molecule has 162 valence electrons. The van der Waals surface area contributed by atoms with Crippen LogP contribution in [0.1, 0.15) is 5.56 Å². The van der Waals surface area contributed by atoms with E-state index >= 15 is 0 Å². The molecule has 0 amide bonds. The van der Waals surface area contributed by atoms with Crippen LogP contribution in [0.5, 0.6) is 0 Å². The molecule has 0 aliphatic carbocycles. The topological polar surface area (TPSA) is 89.3 Å². The number of benzene rings is 3. The predicted molar refractivity (Wildman–Crippen MR) is 111 cm³/mol. The van der Waals surface area contributed by atoms with Gasteiger partial charge in [0.2, 0.25) is 0 Å². The van der Waals surface area contributed by atoms with Crippen LogP contribution >= 0.6 is 23.4 Å². The summed E-state index contributed by atoms with van der Waals surface area (Å²) >= 11 is 6.61. The predicted octanol–water partition coefficient (Wildman–Crippen LogP) is 6.22. The highest BCUT2D eigenvalue weighted by molar-refractivity contribution is 7.99. The number of hydrogen-bond donors (Lipinski definition) is 1. The molecule has 12 heteroatoms. The van der Waals surface area contributed by atoms with Crippen LogP contribution < -0.4 is 4.72 Å². The zero-order valence-electron chi connectivity index (χ0n) is 15.3. The van der Waals surface area contributed by atoms with E-state index in [0.29, 0.717) is 11.0 Å². The standard InChI is InChI=1S/C19H12ClF3N2O4S2/c20-16-8-6-12(10-15(16)19(21,22)23)24-31(28,29)14-7-9-18(17(11-14)25(26)27)30-13-4-2-1-3-5-13/h1-11,24H. The first-order chi connectivity index (χ1) is 14.5. The van der Waals surface area contributed by atoms with Crippen LogP contribution in [0.15, 0.2) is 81.4 Å². The second-order valence-corrected chi connectivity index (χ2v) is 9.30. The molecule has 0 aliphatic heterocycles. The second kappa shape index (κ2) is 8.77. The summed E-state index contributed by atoms with van der Waals surface area (Å²) in [6.07, 6.45) is -4.78. The molecule has 0 heterocycles. The van der Waals surface area contributed by atoms with E-state index in [1.807, 2.05) is 4.72 Å². The highest BCUT2D eigenvalue weighted by Gasteiger charge is 2.33. The molecule has 0 unspecified atom stereocenters. The van der Waals surface area contributed by atoms with E-state index < -0.39 is 42.3 Å². The lowest BCUT2D eigenvalue weighted by molar-refractivity contribution is -0.388. The van der Waals surface area contributed by atoms with Crippen molar-refractivity contribution in [3.63, 3.8) is 0 Å². The van der Waals surface area contributed by atoms with Gasteiger partial charge < -0.3 is 0 Å². The summed E-state index contributed by atoms with van der Waals surface area (Å²) in [5.41, 5.74) is -2.05. The molecule has 0 radical (unpaired) electrons. The van der Waals surface area contributed by atoms with E-state index in [0.717, 1.165) is 36.0 Å². The fraction of sp³-hybridized carbons (Fsp3) is 0.0526. The van der Waals surface area contributed by atoms with Crippen LogP contribution in [0.4, 0.5) is 24.5 Å². The molecule has 0 spiro atoms. The lowest BCUT2D eigenvalue weighted by atomic mass is 10.2. The second-order valence-electron chi connectivity index (χ2n) is 6.10. The number of halogens is 4. The summed E-state index contributed by atoms with van der Waals surface area (Å²) in [4.78, 5) is 11.2. The highest BCUT2D eigenvalue weighted by Crippen LogP contribution is 2.38. The van der Waals surface area contributed by atoms with Gasteiger partial charge in [-0.25, -0.2) is 8.42 Å². The van der Waals surface area contributed by atoms with Crippen molar-refractivity contribution in [2.45, 2.75) is 20.9 Å². The first-order valence-corrected chi connectivity index (χ1v) is 11.1. The van der Waals surface area contributed by atoms with Crippen LogP contribution in [0.25, 0.3) is 0 Å². The first-order valence-electron chi connectivity index (χ1n) is 8.38. The summed E-state index contributed by atoms with van der Waals surface area (Å²) in [6, 6.07) is 14.5. The van der Waals surface area contributed by atoms with Gasteiger partial charge in [-0.15, -0.1) is 0 Å². The minimum atomic E-state index is -4.78. The Morgan fingerprint density at radius 1 is 1.00 bits per heavy atom. The first kappa shape index (κ1) is 22.9. The van der Waals surface area contributed by atoms with E-state index in [4.69, 9.17) is 11.6 Å². The number of nitro benzene ring substituents is 1. The monoisotopic (exact) mass is 488 g/mol. The molecule has 3 aromatic carbocycles. The number of nitrogens with zero attached hydrogens (tertiary/aromatic N) is 1. The number of nitro groups is 1. The van der Waals surface area contributed by atoms with E-state index in [1.165, 1.54) is 6.07 Å². The van der Waals surface area contributed by atoms with Gasteiger partial charge in [0.25, 0.3) is 15.7 Å². The minimum absolute atomic E-state index is 0.209. The third-order valence-electron chi connectivity index (χ3n) is 3.93. The van der Waals surface area contributed by atoms with Gasteiger partial charge in [-0.3, -0.25) is 14.8 Å². The Balaban J connectivity index is 1.95. The van der Waals surface area contributed by atoms with Crippen molar-refractivity contribution in [1.82, 2.24) is 0 Å². The van der Waals surface area contributed by atoms with Gasteiger partial charge in [-0.1, -0.05) is 41.6 Å². The molecule has 0 aliphatic rings. The molecule has 0 bridgehead atoms. The molecule has 6 nitrogen and oxygen atoms in total. The van der Waals surface area contributed by atoms with E-state index in [-0.39, 0.29) is 10.6 Å². The third kappa shape index (κ3) is 5.49. The zero-order chi connectivity index (χ0) is 22.8. The Hall–Kier alpha value is -2.76. The Morgan fingerprint density at radius 2 is 1.68 bits per heavy atom. The van der Waals surface area contributed by atoms with Gasteiger partial charge in [-0.2, -0.15) is 13.2 Å². The largest absolute Gasteiger partial charge is 0.417 e. The molecule has 0 saturated heterocycles. The maximum atomic E-state index is 13.0. The van der Waals surface area contributed by atoms with Crippen molar-refractivity contribution in [3.8, 4) is 0 Å². The minimum Gasteiger partial charge on any atom is -0.280 e. The number of rotatable bonds is 6. The smallest absolute Gasteiger partial charge is 0.280 e. The fourth-order valence-corrected chi connectivity index (χ4v) is 4.74. The lowest BCUT2D eigenvalue weighted by Gasteiger charge is -2.13. The SMILES string of the molecule is O=[N+]([O-])c1cc(S(=O)(=O)Nc2ccc(Cl)c(C(F)(F)F)c2)ccc1Sc1ccccc1. The van der Waals surface area contributed by atoms with Crippen LogP contribution in [-0.4, -0.2) is 13.3 Å². The number of hydrogen-bond acceptors (Lipinski definition) is 5. The van der Waals surface area contributed by atoms with Gasteiger partial charge in [0.1, 0.15) is 0 Å². The summed E-state index contributed by atoms with van der Waals surface area (Å²) in [5, 5.41) is 10.9. The average molecular weight is 489 g/mol. The maximum Gasteiger partial charge on any atom is 0.417 e. The molecule has 1 N–H and O–H groups in total. The molecular formula is C19H12ClF3N2O4S2. The maximum absolute atomic E-state index is 13.0. The number of anilines is 1. The number of sulfonamides is 1. The van der Waals surface area contributed by atoms with Crippen molar-refractivity contribution in [1.29, 1.82) is 0 Å². The fourth-order valence-electron chi connectivity index (χ4n) is 2.53. The molecule has 3 aromatic rings. The molecule has 0 saturated carbocycles. The summed E-state index contributed by atoms with van der Waals surface area (Å²) < 4.78 is 66.3. The van der Waals surface area contributed by atoms with Crippen LogP contribution in [0, 0.1) is 10.1 Å². The Kier molecular flexibility index (Phi) is 6.48. The Labute approximate surface area is 184 Å². The highest BCUT2D eigenvalue weighted by atomic mass is 35.5. The lowest BCUT2D eigenvalue weighted by Crippen LogP contribution is -2.14. The third-order valence-corrected chi connectivity index (χ3v) is 6.71. The number of alkyl halides is 3. The molecule has 3 rings (SSSR count). The van der Waals surface area contributed by atoms with Crippen molar-refractivity contribution in [3.05, 3.63) is 87.4 Å². The average Bonchev–Trinajstić information content (AvgIpc) is 2.69. The summed E-state index contributed by atoms with van der Waals surface area (Å²) in [6.45, 7) is 0. The van der Waals surface area contributed by atoms with Gasteiger partial charge in [0.15, 0.2) is 0 Å². The van der Waals surface area contributed by atoms with Crippen LogP contribution in [0.3, 0.4) is 0 Å². The van der Waals surface area contributed by atoms with Crippen molar-refractivity contribution in [2.24, 2.45) is 0 Å². The quantitative estimate of drug-likeness (QED) is 0.328. The summed E-state index contributed by atoms with van der Waals surface area (Å²) in [5.74, 6) is 0. The molecular weight excluding hydrogens is 477 g/mol. The van der Waals surface area contributed by atoms with Crippen LogP contribution in [-0.2, 0) is 16.2 Å².